The number of carbonyl (C=O) groups is 1. The Morgan fingerprint density at radius 1 is 1.46 bits per heavy atom. The summed E-state index contributed by atoms with van der Waals surface area (Å²) in [6.07, 6.45) is 1.43. The van der Waals surface area contributed by atoms with Gasteiger partial charge in [-0.05, 0) is 13.0 Å². The number of hydrogen-bond donors (Lipinski definition) is 0. The number of pyridine rings is 1. The Labute approximate surface area is 142 Å². The van der Waals surface area contributed by atoms with Gasteiger partial charge in [-0.1, -0.05) is 5.21 Å². The SMILES string of the molecule is Cc1csc([C@@H]2CN(C(=O)c3ccnc4c3nnn4C)CCO2)n1. The average molecular weight is 344 g/mol. The molecule has 1 fully saturated rings. The van der Waals surface area contributed by atoms with E-state index >= 15 is 0 Å². The summed E-state index contributed by atoms with van der Waals surface area (Å²) in [6, 6.07) is 1.69. The average Bonchev–Trinajstić information content (AvgIpc) is 3.21. The van der Waals surface area contributed by atoms with Crippen LogP contribution in [0.4, 0.5) is 0 Å². The monoisotopic (exact) mass is 344 g/mol. The summed E-state index contributed by atoms with van der Waals surface area (Å²) in [5.74, 6) is -0.0792. The molecule has 0 N–H and O–H groups in total. The summed E-state index contributed by atoms with van der Waals surface area (Å²) < 4.78 is 7.36. The second kappa shape index (κ2) is 5.91. The maximum absolute atomic E-state index is 13.0. The van der Waals surface area contributed by atoms with E-state index in [1.807, 2.05) is 12.3 Å². The van der Waals surface area contributed by atoms with Crippen LogP contribution in [0.5, 0.6) is 0 Å². The number of amides is 1. The number of rotatable bonds is 2. The molecule has 1 amide bonds. The first-order chi connectivity index (χ1) is 11.6. The second-order valence-electron chi connectivity index (χ2n) is 5.68. The zero-order valence-corrected chi connectivity index (χ0v) is 14.2. The highest BCUT2D eigenvalue weighted by atomic mass is 32.1. The topological polar surface area (TPSA) is 86.0 Å². The molecule has 1 aliphatic heterocycles. The van der Waals surface area contributed by atoms with Gasteiger partial charge < -0.3 is 9.64 Å². The van der Waals surface area contributed by atoms with Crippen molar-refractivity contribution in [1.82, 2.24) is 29.9 Å². The summed E-state index contributed by atoms with van der Waals surface area (Å²) in [6.45, 7) is 3.47. The van der Waals surface area contributed by atoms with E-state index in [4.69, 9.17) is 4.74 Å². The molecule has 3 aromatic heterocycles. The molecule has 124 valence electrons. The number of carbonyl (C=O) groups excluding carboxylic acids is 1. The molecule has 0 saturated carbocycles. The number of aromatic nitrogens is 5. The molecule has 1 saturated heterocycles. The maximum Gasteiger partial charge on any atom is 0.256 e. The van der Waals surface area contributed by atoms with Crippen LogP contribution in [0.3, 0.4) is 0 Å². The number of thiazole rings is 1. The van der Waals surface area contributed by atoms with Gasteiger partial charge in [0.25, 0.3) is 5.91 Å². The standard InChI is InChI=1S/C15H16N6O2S/c1-9-8-24-14(17-9)11-7-21(5-6-23-11)15(22)10-3-4-16-13-12(10)18-19-20(13)2/h3-4,8,11H,5-7H2,1-2H3/t11-/m0/s1. The number of ether oxygens (including phenoxy) is 1. The van der Waals surface area contributed by atoms with Crippen molar-refractivity contribution in [2.75, 3.05) is 19.7 Å². The molecule has 0 radical (unpaired) electrons. The summed E-state index contributed by atoms with van der Waals surface area (Å²) >= 11 is 1.56. The lowest BCUT2D eigenvalue weighted by Gasteiger charge is -2.32. The smallest absolute Gasteiger partial charge is 0.256 e. The molecule has 0 aliphatic carbocycles. The minimum Gasteiger partial charge on any atom is -0.367 e. The van der Waals surface area contributed by atoms with Gasteiger partial charge in [-0.15, -0.1) is 16.4 Å². The Bertz CT molecular complexity index is 904. The predicted octanol–water partition coefficient (Wildman–Crippen LogP) is 1.34. The van der Waals surface area contributed by atoms with E-state index in [1.165, 1.54) is 0 Å². The van der Waals surface area contributed by atoms with Crippen molar-refractivity contribution in [2.24, 2.45) is 7.05 Å². The van der Waals surface area contributed by atoms with Crippen LogP contribution in [-0.2, 0) is 11.8 Å². The zero-order valence-electron chi connectivity index (χ0n) is 13.3. The van der Waals surface area contributed by atoms with Crippen molar-refractivity contribution in [3.8, 4) is 0 Å². The molecule has 24 heavy (non-hydrogen) atoms. The van der Waals surface area contributed by atoms with E-state index in [0.717, 1.165) is 10.7 Å². The third-order valence-electron chi connectivity index (χ3n) is 3.99. The Morgan fingerprint density at radius 3 is 3.12 bits per heavy atom. The van der Waals surface area contributed by atoms with Gasteiger partial charge in [-0.3, -0.25) is 4.79 Å². The lowest BCUT2D eigenvalue weighted by molar-refractivity contribution is -0.0228. The fourth-order valence-corrected chi connectivity index (χ4v) is 3.61. The van der Waals surface area contributed by atoms with E-state index < -0.39 is 0 Å². The van der Waals surface area contributed by atoms with Crippen LogP contribution in [-0.4, -0.2) is 55.5 Å². The van der Waals surface area contributed by atoms with Gasteiger partial charge in [0.1, 0.15) is 16.6 Å². The van der Waals surface area contributed by atoms with Gasteiger partial charge in [-0.25, -0.2) is 14.6 Å². The highest BCUT2D eigenvalue weighted by Crippen LogP contribution is 2.26. The molecule has 3 aromatic rings. The Morgan fingerprint density at radius 2 is 2.33 bits per heavy atom. The Balaban J connectivity index is 1.61. The minimum atomic E-state index is -0.180. The number of hydrogen-bond acceptors (Lipinski definition) is 7. The quantitative estimate of drug-likeness (QED) is 0.697. The van der Waals surface area contributed by atoms with Crippen molar-refractivity contribution >= 4 is 28.4 Å². The van der Waals surface area contributed by atoms with Gasteiger partial charge in [0.2, 0.25) is 0 Å². The lowest BCUT2D eigenvalue weighted by Crippen LogP contribution is -2.42. The first kappa shape index (κ1) is 15.2. The molecule has 9 heteroatoms. The van der Waals surface area contributed by atoms with Crippen molar-refractivity contribution in [2.45, 2.75) is 13.0 Å². The number of fused-ring (bicyclic) bond motifs is 1. The molecule has 1 aliphatic rings. The Kier molecular flexibility index (Phi) is 3.73. The first-order valence-electron chi connectivity index (χ1n) is 7.61. The minimum absolute atomic E-state index is 0.0792. The molecule has 1 atom stereocenters. The van der Waals surface area contributed by atoms with Gasteiger partial charge in [0.05, 0.1) is 18.7 Å². The van der Waals surface area contributed by atoms with Gasteiger partial charge >= 0.3 is 0 Å². The van der Waals surface area contributed by atoms with E-state index in [1.54, 1.807) is 40.2 Å². The normalized spacial score (nSPS) is 18.2. The molecule has 0 aromatic carbocycles. The molecular formula is C15H16N6O2S. The van der Waals surface area contributed by atoms with Crippen molar-refractivity contribution in [3.05, 3.63) is 33.9 Å². The molecule has 0 bridgehead atoms. The molecule has 8 nitrogen and oxygen atoms in total. The fourth-order valence-electron chi connectivity index (χ4n) is 2.78. The van der Waals surface area contributed by atoms with E-state index in [9.17, 15) is 4.79 Å². The molecule has 4 rings (SSSR count). The van der Waals surface area contributed by atoms with E-state index in [0.29, 0.717) is 36.4 Å². The highest BCUT2D eigenvalue weighted by Gasteiger charge is 2.29. The van der Waals surface area contributed by atoms with Crippen LogP contribution in [0.2, 0.25) is 0 Å². The first-order valence-corrected chi connectivity index (χ1v) is 8.49. The van der Waals surface area contributed by atoms with Gasteiger partial charge in [-0.2, -0.15) is 0 Å². The van der Waals surface area contributed by atoms with Crippen LogP contribution >= 0.6 is 11.3 Å². The van der Waals surface area contributed by atoms with Crippen molar-refractivity contribution in [1.29, 1.82) is 0 Å². The van der Waals surface area contributed by atoms with Crippen LogP contribution < -0.4 is 0 Å². The van der Waals surface area contributed by atoms with Crippen LogP contribution in [0.15, 0.2) is 17.6 Å². The van der Waals surface area contributed by atoms with Crippen LogP contribution in [0.1, 0.15) is 27.2 Å². The van der Waals surface area contributed by atoms with Crippen LogP contribution in [0.25, 0.3) is 11.2 Å². The number of morpholine rings is 1. The molecule has 4 heterocycles. The predicted molar refractivity (Wildman–Crippen MR) is 87.8 cm³/mol. The summed E-state index contributed by atoms with van der Waals surface area (Å²) in [5, 5.41) is 10.9. The Hall–Kier alpha value is -2.39. The largest absolute Gasteiger partial charge is 0.367 e. The fraction of sp³-hybridized carbons (Fsp3) is 0.400. The van der Waals surface area contributed by atoms with Gasteiger partial charge in [0.15, 0.2) is 5.65 Å². The van der Waals surface area contributed by atoms with Crippen molar-refractivity contribution < 1.29 is 9.53 Å². The highest BCUT2D eigenvalue weighted by molar-refractivity contribution is 7.09. The number of nitrogens with zero attached hydrogens (tertiary/aromatic N) is 6. The van der Waals surface area contributed by atoms with Crippen molar-refractivity contribution in [3.63, 3.8) is 0 Å². The third kappa shape index (κ3) is 2.55. The lowest BCUT2D eigenvalue weighted by atomic mass is 10.2. The van der Waals surface area contributed by atoms with E-state index in [2.05, 4.69) is 20.3 Å². The molecule has 0 spiro atoms. The number of aryl methyl sites for hydroxylation is 2. The maximum atomic E-state index is 13.0. The van der Waals surface area contributed by atoms with E-state index in [-0.39, 0.29) is 12.0 Å². The molecular weight excluding hydrogens is 328 g/mol. The zero-order chi connectivity index (χ0) is 16.7. The third-order valence-corrected chi connectivity index (χ3v) is 5.04. The van der Waals surface area contributed by atoms with Crippen LogP contribution in [0, 0.1) is 6.92 Å². The summed E-state index contributed by atoms with van der Waals surface area (Å²) in [7, 11) is 1.76. The summed E-state index contributed by atoms with van der Waals surface area (Å²) in [5.41, 5.74) is 2.61. The summed E-state index contributed by atoms with van der Waals surface area (Å²) in [4.78, 5) is 23.4. The molecule has 0 unspecified atom stereocenters. The van der Waals surface area contributed by atoms with Gasteiger partial charge in [0, 0.05) is 30.9 Å². The second-order valence-corrected chi connectivity index (χ2v) is 6.57.